The lowest BCUT2D eigenvalue weighted by atomic mass is 10.0. The summed E-state index contributed by atoms with van der Waals surface area (Å²) in [7, 11) is 0. The number of benzene rings is 1. The second kappa shape index (κ2) is 4.51. The van der Waals surface area contributed by atoms with Gasteiger partial charge in [-0.15, -0.1) is 0 Å². The van der Waals surface area contributed by atoms with Crippen LogP contribution in [0.2, 0.25) is 0 Å². The van der Waals surface area contributed by atoms with E-state index in [-0.39, 0.29) is 0 Å². The van der Waals surface area contributed by atoms with Crippen LogP contribution in [0.4, 0.5) is 0 Å². The molecule has 1 fully saturated rings. The fourth-order valence-corrected chi connectivity index (χ4v) is 2.60. The lowest BCUT2D eigenvalue weighted by Crippen LogP contribution is -2.50. The van der Waals surface area contributed by atoms with Crippen molar-refractivity contribution in [2.24, 2.45) is 0 Å². The summed E-state index contributed by atoms with van der Waals surface area (Å²) in [5, 5.41) is 10.5. The fourth-order valence-electron chi connectivity index (χ4n) is 2.60. The van der Waals surface area contributed by atoms with Crippen LogP contribution >= 0.6 is 0 Å². The third-order valence-electron chi connectivity index (χ3n) is 3.82. The summed E-state index contributed by atoms with van der Waals surface area (Å²) in [6.45, 7) is 2.48. The predicted molar refractivity (Wildman–Crippen MR) is 69.1 cm³/mol. The zero-order chi connectivity index (χ0) is 11.7. The van der Waals surface area contributed by atoms with Gasteiger partial charge in [0.1, 0.15) is 0 Å². The highest BCUT2D eigenvalue weighted by Gasteiger charge is 2.26. The number of hydrogen-bond donors (Lipinski definition) is 2. The molecule has 2 N–H and O–H groups in total. The number of nitrogens with one attached hydrogen (secondary N) is 1. The number of aliphatic hydroxyl groups is 1. The first-order valence-electron chi connectivity index (χ1n) is 6.28. The first-order chi connectivity index (χ1) is 8.38. The first-order valence-corrected chi connectivity index (χ1v) is 6.28. The second-order valence-electron chi connectivity index (χ2n) is 4.77. The Morgan fingerprint density at radius 2 is 2.24 bits per heavy atom. The van der Waals surface area contributed by atoms with Gasteiger partial charge in [0.15, 0.2) is 0 Å². The quantitative estimate of drug-likeness (QED) is 0.840. The lowest BCUT2D eigenvalue weighted by Gasteiger charge is -2.39. The maximum absolute atomic E-state index is 9.14. The molecule has 17 heavy (non-hydrogen) atoms. The van der Waals surface area contributed by atoms with Crippen molar-refractivity contribution in [1.82, 2.24) is 9.88 Å². The Labute approximate surface area is 101 Å². The molecule has 2 aromatic rings. The van der Waals surface area contributed by atoms with E-state index in [0.29, 0.717) is 12.6 Å². The topological polar surface area (TPSA) is 39.3 Å². The summed E-state index contributed by atoms with van der Waals surface area (Å²) >= 11 is 0. The highest BCUT2D eigenvalue weighted by atomic mass is 16.3. The van der Waals surface area contributed by atoms with Crippen molar-refractivity contribution in [1.29, 1.82) is 0 Å². The number of aromatic amines is 1. The number of aliphatic hydroxyl groups excluding tert-OH is 1. The van der Waals surface area contributed by atoms with Gasteiger partial charge < -0.3 is 10.1 Å². The minimum Gasteiger partial charge on any atom is -0.395 e. The Bertz CT molecular complexity index is 504. The van der Waals surface area contributed by atoms with Crippen molar-refractivity contribution in [2.45, 2.75) is 18.9 Å². The molecule has 1 atom stereocenters. The highest BCUT2D eigenvalue weighted by Crippen LogP contribution is 2.21. The maximum Gasteiger partial charge on any atom is 0.0587 e. The third-order valence-corrected chi connectivity index (χ3v) is 3.82. The fraction of sp³-hybridized carbons (Fsp3) is 0.429. The molecule has 0 radical (unpaired) electrons. The molecule has 0 amide bonds. The SMILES string of the molecule is OCC1CCN1CCc1c[nH]c2ccccc12. The van der Waals surface area contributed by atoms with Gasteiger partial charge in [-0.25, -0.2) is 0 Å². The normalized spacial score (nSPS) is 20.6. The average molecular weight is 230 g/mol. The number of nitrogens with zero attached hydrogens (tertiary/aromatic N) is 1. The summed E-state index contributed by atoms with van der Waals surface area (Å²) < 4.78 is 0. The molecule has 1 aliphatic rings. The minimum atomic E-state index is 0.299. The van der Waals surface area contributed by atoms with Crippen LogP contribution in [0.15, 0.2) is 30.5 Å². The number of H-pyrrole nitrogens is 1. The molecule has 0 saturated carbocycles. The van der Waals surface area contributed by atoms with Crippen molar-refractivity contribution < 1.29 is 5.11 Å². The molecular formula is C14H18N2O. The first kappa shape index (κ1) is 10.8. The van der Waals surface area contributed by atoms with Crippen molar-refractivity contribution >= 4 is 10.9 Å². The zero-order valence-corrected chi connectivity index (χ0v) is 9.89. The van der Waals surface area contributed by atoms with E-state index >= 15 is 0 Å². The summed E-state index contributed by atoms with van der Waals surface area (Å²) in [5.74, 6) is 0. The molecule has 3 nitrogen and oxygen atoms in total. The van der Waals surface area contributed by atoms with Crippen LogP contribution in [0.5, 0.6) is 0 Å². The molecule has 1 aliphatic heterocycles. The molecule has 1 aromatic carbocycles. The van der Waals surface area contributed by atoms with Gasteiger partial charge in [-0.05, 0) is 24.5 Å². The molecule has 0 aliphatic carbocycles. The number of rotatable bonds is 4. The van der Waals surface area contributed by atoms with Crippen molar-refractivity contribution in [2.75, 3.05) is 19.7 Å². The van der Waals surface area contributed by atoms with E-state index in [0.717, 1.165) is 25.9 Å². The Morgan fingerprint density at radius 1 is 1.35 bits per heavy atom. The molecular weight excluding hydrogens is 212 g/mol. The van der Waals surface area contributed by atoms with E-state index < -0.39 is 0 Å². The van der Waals surface area contributed by atoms with Gasteiger partial charge in [0.25, 0.3) is 0 Å². The summed E-state index contributed by atoms with van der Waals surface area (Å²) in [4.78, 5) is 5.67. The zero-order valence-electron chi connectivity index (χ0n) is 9.89. The number of fused-ring (bicyclic) bond motifs is 1. The molecule has 1 saturated heterocycles. The van der Waals surface area contributed by atoms with Gasteiger partial charge in [0.05, 0.1) is 6.61 Å². The number of hydrogen-bond acceptors (Lipinski definition) is 2. The van der Waals surface area contributed by atoms with Gasteiger partial charge in [-0.1, -0.05) is 18.2 Å². The summed E-state index contributed by atoms with van der Waals surface area (Å²) in [5.41, 5.74) is 2.59. The molecule has 2 heterocycles. The van der Waals surface area contributed by atoms with Gasteiger partial charge in [0, 0.05) is 36.2 Å². The number of aromatic nitrogens is 1. The van der Waals surface area contributed by atoms with E-state index in [1.54, 1.807) is 0 Å². The monoisotopic (exact) mass is 230 g/mol. The minimum absolute atomic E-state index is 0.299. The van der Waals surface area contributed by atoms with Crippen LogP contribution in [0.3, 0.4) is 0 Å². The van der Waals surface area contributed by atoms with Crippen LogP contribution in [-0.4, -0.2) is 40.7 Å². The smallest absolute Gasteiger partial charge is 0.0587 e. The van der Waals surface area contributed by atoms with E-state index in [4.69, 9.17) is 5.11 Å². The average Bonchev–Trinajstić information content (AvgIpc) is 2.72. The van der Waals surface area contributed by atoms with Gasteiger partial charge in [0.2, 0.25) is 0 Å². The maximum atomic E-state index is 9.14. The Morgan fingerprint density at radius 3 is 3.00 bits per heavy atom. The van der Waals surface area contributed by atoms with Gasteiger partial charge >= 0.3 is 0 Å². The Balaban J connectivity index is 1.69. The van der Waals surface area contributed by atoms with Crippen LogP contribution in [-0.2, 0) is 6.42 Å². The highest BCUT2D eigenvalue weighted by molar-refractivity contribution is 5.83. The van der Waals surface area contributed by atoms with E-state index in [1.165, 1.54) is 16.5 Å². The van der Waals surface area contributed by atoms with Crippen LogP contribution < -0.4 is 0 Å². The third kappa shape index (κ3) is 1.96. The molecule has 0 bridgehead atoms. The molecule has 90 valence electrons. The largest absolute Gasteiger partial charge is 0.395 e. The van der Waals surface area contributed by atoms with Crippen LogP contribution in [0.1, 0.15) is 12.0 Å². The van der Waals surface area contributed by atoms with Crippen LogP contribution in [0, 0.1) is 0 Å². The van der Waals surface area contributed by atoms with E-state index in [2.05, 4.69) is 40.3 Å². The van der Waals surface area contributed by atoms with Gasteiger partial charge in [-0.2, -0.15) is 0 Å². The standard InChI is InChI=1S/C14H18N2O/c17-10-12-6-8-16(12)7-5-11-9-15-14-4-2-1-3-13(11)14/h1-4,9,12,15,17H,5-8,10H2. The Kier molecular flexibility index (Phi) is 2.87. The lowest BCUT2D eigenvalue weighted by molar-refractivity contribution is 0.0437. The summed E-state index contributed by atoms with van der Waals surface area (Å²) in [6, 6.07) is 8.82. The Hall–Kier alpha value is -1.32. The molecule has 1 unspecified atom stereocenters. The molecule has 1 aromatic heterocycles. The predicted octanol–water partition coefficient (Wildman–Crippen LogP) is 1.78. The van der Waals surface area contributed by atoms with Crippen molar-refractivity contribution in [3.05, 3.63) is 36.0 Å². The van der Waals surface area contributed by atoms with Gasteiger partial charge in [-0.3, -0.25) is 4.90 Å². The number of para-hydroxylation sites is 1. The molecule has 3 rings (SSSR count). The number of likely N-dealkylation sites (tertiary alicyclic amines) is 1. The van der Waals surface area contributed by atoms with Crippen molar-refractivity contribution in [3.63, 3.8) is 0 Å². The van der Waals surface area contributed by atoms with Crippen molar-refractivity contribution in [3.8, 4) is 0 Å². The molecule has 0 spiro atoms. The second-order valence-corrected chi connectivity index (χ2v) is 4.77. The van der Waals surface area contributed by atoms with Crippen LogP contribution in [0.25, 0.3) is 10.9 Å². The van der Waals surface area contributed by atoms with E-state index in [9.17, 15) is 0 Å². The molecule has 3 heteroatoms. The van der Waals surface area contributed by atoms with E-state index in [1.807, 2.05) is 0 Å². The summed E-state index contributed by atoms with van der Waals surface area (Å²) in [6.07, 6.45) is 4.31.